The van der Waals surface area contributed by atoms with Crippen LogP contribution in [-0.2, 0) is 0 Å². The Bertz CT molecular complexity index is 737. The van der Waals surface area contributed by atoms with E-state index in [-0.39, 0.29) is 0 Å². The summed E-state index contributed by atoms with van der Waals surface area (Å²) in [7, 11) is 0. The number of hydrogen-bond donors (Lipinski definition) is 1. The van der Waals surface area contributed by atoms with E-state index < -0.39 is 0 Å². The maximum atomic E-state index is 5.60. The van der Waals surface area contributed by atoms with Gasteiger partial charge in [0.05, 0.1) is 18.5 Å². The molecule has 0 aliphatic heterocycles. The van der Waals surface area contributed by atoms with E-state index in [0.29, 0.717) is 29.7 Å². The summed E-state index contributed by atoms with van der Waals surface area (Å²) >= 11 is 0. The van der Waals surface area contributed by atoms with Crippen LogP contribution in [0.1, 0.15) is 6.92 Å². The molecule has 0 fully saturated rings. The number of aromatic nitrogens is 3. The van der Waals surface area contributed by atoms with Crippen molar-refractivity contribution in [1.82, 2.24) is 15.1 Å². The summed E-state index contributed by atoms with van der Waals surface area (Å²) in [6.45, 7) is 2.54. The molecule has 0 aliphatic rings. The molecular weight excluding hydrogens is 268 g/mol. The van der Waals surface area contributed by atoms with Crippen molar-refractivity contribution in [2.45, 2.75) is 6.92 Å². The predicted molar refractivity (Wildman–Crippen MR) is 78.5 cm³/mol. The summed E-state index contributed by atoms with van der Waals surface area (Å²) in [5.74, 6) is 1.61. The molecule has 21 heavy (non-hydrogen) atoms. The molecule has 0 spiro atoms. The summed E-state index contributed by atoms with van der Waals surface area (Å²) in [5, 5.41) is 3.97. The van der Waals surface area contributed by atoms with Crippen LogP contribution >= 0.6 is 0 Å². The lowest BCUT2D eigenvalue weighted by molar-refractivity contribution is 0.340. The molecule has 0 radical (unpaired) electrons. The van der Waals surface area contributed by atoms with Gasteiger partial charge in [-0.05, 0) is 31.2 Å². The second kappa shape index (κ2) is 5.62. The molecule has 106 valence electrons. The first-order valence-corrected chi connectivity index (χ1v) is 6.55. The average Bonchev–Trinajstić information content (AvgIpc) is 2.98. The molecule has 2 aromatic heterocycles. The lowest BCUT2D eigenvalue weighted by atomic mass is 10.2. The van der Waals surface area contributed by atoms with Gasteiger partial charge >= 0.3 is 0 Å². The molecule has 2 heterocycles. The Morgan fingerprint density at radius 2 is 2.14 bits per heavy atom. The van der Waals surface area contributed by atoms with E-state index in [9.17, 15) is 0 Å². The molecule has 1 aromatic carbocycles. The Morgan fingerprint density at radius 3 is 2.90 bits per heavy atom. The zero-order valence-electron chi connectivity index (χ0n) is 11.5. The first-order chi connectivity index (χ1) is 10.3. The van der Waals surface area contributed by atoms with Crippen LogP contribution in [0.5, 0.6) is 5.75 Å². The van der Waals surface area contributed by atoms with Crippen LogP contribution in [0.25, 0.3) is 23.0 Å². The van der Waals surface area contributed by atoms with Crippen molar-refractivity contribution in [3.05, 3.63) is 42.6 Å². The van der Waals surface area contributed by atoms with Gasteiger partial charge in [-0.3, -0.25) is 0 Å². The molecule has 0 atom stereocenters. The van der Waals surface area contributed by atoms with Crippen LogP contribution in [0.4, 0.5) is 5.69 Å². The standard InChI is InChI=1S/C15H14N4O2/c1-2-20-12-5-3-4-10(8-12)14-18-15(21-19-14)13-7-6-11(16)9-17-13/h3-9H,2,16H2,1H3. The van der Waals surface area contributed by atoms with Gasteiger partial charge in [0.1, 0.15) is 11.4 Å². The van der Waals surface area contributed by atoms with E-state index in [1.165, 1.54) is 0 Å². The van der Waals surface area contributed by atoms with Crippen LogP contribution in [0.3, 0.4) is 0 Å². The van der Waals surface area contributed by atoms with Crippen molar-refractivity contribution in [2.24, 2.45) is 0 Å². The van der Waals surface area contributed by atoms with Crippen LogP contribution < -0.4 is 10.5 Å². The van der Waals surface area contributed by atoms with Crippen molar-refractivity contribution < 1.29 is 9.26 Å². The fourth-order valence-corrected chi connectivity index (χ4v) is 1.87. The summed E-state index contributed by atoms with van der Waals surface area (Å²) < 4.78 is 10.7. The van der Waals surface area contributed by atoms with E-state index in [1.54, 1.807) is 18.3 Å². The van der Waals surface area contributed by atoms with E-state index in [2.05, 4.69) is 15.1 Å². The first kappa shape index (κ1) is 13.1. The number of nitrogens with zero attached hydrogens (tertiary/aromatic N) is 3. The van der Waals surface area contributed by atoms with Gasteiger partial charge in [-0.1, -0.05) is 17.3 Å². The van der Waals surface area contributed by atoms with Gasteiger partial charge in [-0.2, -0.15) is 4.98 Å². The number of nitrogens with two attached hydrogens (primary N) is 1. The largest absolute Gasteiger partial charge is 0.494 e. The highest BCUT2D eigenvalue weighted by molar-refractivity contribution is 5.60. The highest BCUT2D eigenvalue weighted by Gasteiger charge is 2.12. The van der Waals surface area contributed by atoms with E-state index in [0.717, 1.165) is 11.3 Å². The molecule has 0 saturated heterocycles. The Kier molecular flexibility index (Phi) is 3.51. The summed E-state index contributed by atoms with van der Waals surface area (Å²) in [6, 6.07) is 11.0. The smallest absolute Gasteiger partial charge is 0.276 e. The van der Waals surface area contributed by atoms with Gasteiger partial charge in [0, 0.05) is 5.56 Å². The quantitative estimate of drug-likeness (QED) is 0.791. The molecule has 3 aromatic rings. The van der Waals surface area contributed by atoms with Crippen LogP contribution in [0, 0.1) is 0 Å². The zero-order chi connectivity index (χ0) is 14.7. The molecule has 0 bridgehead atoms. The van der Waals surface area contributed by atoms with Crippen LogP contribution in [0.15, 0.2) is 47.1 Å². The highest BCUT2D eigenvalue weighted by Crippen LogP contribution is 2.24. The minimum absolute atomic E-state index is 0.354. The van der Waals surface area contributed by atoms with Crippen LogP contribution in [0.2, 0.25) is 0 Å². The van der Waals surface area contributed by atoms with Gasteiger partial charge < -0.3 is 15.0 Å². The van der Waals surface area contributed by atoms with Crippen molar-refractivity contribution in [3.63, 3.8) is 0 Å². The highest BCUT2D eigenvalue weighted by atomic mass is 16.5. The number of anilines is 1. The fourth-order valence-electron chi connectivity index (χ4n) is 1.87. The summed E-state index contributed by atoms with van der Waals surface area (Å²) in [6.07, 6.45) is 1.55. The molecule has 0 unspecified atom stereocenters. The predicted octanol–water partition coefficient (Wildman–Crippen LogP) is 2.78. The molecule has 2 N–H and O–H groups in total. The Morgan fingerprint density at radius 1 is 1.24 bits per heavy atom. The molecule has 0 saturated carbocycles. The van der Waals surface area contributed by atoms with E-state index in [4.69, 9.17) is 15.0 Å². The van der Waals surface area contributed by atoms with Gasteiger partial charge in [0.2, 0.25) is 5.82 Å². The minimum atomic E-state index is 0.354. The second-order valence-electron chi connectivity index (χ2n) is 4.36. The number of rotatable bonds is 4. The van der Waals surface area contributed by atoms with Crippen molar-refractivity contribution in [1.29, 1.82) is 0 Å². The third-order valence-electron chi connectivity index (χ3n) is 2.83. The molecule has 6 nitrogen and oxygen atoms in total. The van der Waals surface area contributed by atoms with E-state index in [1.807, 2.05) is 31.2 Å². The maximum absolute atomic E-state index is 5.60. The van der Waals surface area contributed by atoms with E-state index >= 15 is 0 Å². The normalized spacial score (nSPS) is 10.5. The van der Waals surface area contributed by atoms with Crippen molar-refractivity contribution in [2.75, 3.05) is 12.3 Å². The number of ether oxygens (including phenoxy) is 1. The zero-order valence-corrected chi connectivity index (χ0v) is 11.5. The number of nitrogen functional groups attached to an aromatic ring is 1. The average molecular weight is 282 g/mol. The third kappa shape index (κ3) is 2.84. The van der Waals surface area contributed by atoms with Gasteiger partial charge in [0.25, 0.3) is 5.89 Å². The third-order valence-corrected chi connectivity index (χ3v) is 2.83. The maximum Gasteiger partial charge on any atom is 0.276 e. The number of benzene rings is 1. The fraction of sp³-hybridized carbons (Fsp3) is 0.133. The monoisotopic (exact) mass is 282 g/mol. The molecule has 0 amide bonds. The second-order valence-corrected chi connectivity index (χ2v) is 4.36. The minimum Gasteiger partial charge on any atom is -0.494 e. The number of hydrogen-bond acceptors (Lipinski definition) is 6. The van der Waals surface area contributed by atoms with Crippen molar-refractivity contribution >= 4 is 5.69 Å². The molecule has 3 rings (SSSR count). The first-order valence-electron chi connectivity index (χ1n) is 6.55. The molecule has 6 heteroatoms. The van der Waals surface area contributed by atoms with Gasteiger partial charge in [-0.15, -0.1) is 0 Å². The summed E-state index contributed by atoms with van der Waals surface area (Å²) in [5.41, 5.74) is 7.60. The van der Waals surface area contributed by atoms with Gasteiger partial charge in [0.15, 0.2) is 0 Å². The van der Waals surface area contributed by atoms with Crippen LogP contribution in [-0.4, -0.2) is 21.7 Å². The van der Waals surface area contributed by atoms with Gasteiger partial charge in [-0.25, -0.2) is 4.98 Å². The number of pyridine rings is 1. The topological polar surface area (TPSA) is 87.1 Å². The lowest BCUT2D eigenvalue weighted by Crippen LogP contribution is -1.91. The Balaban J connectivity index is 1.91. The molecular formula is C15H14N4O2. The Hall–Kier alpha value is -2.89. The molecule has 0 aliphatic carbocycles. The van der Waals surface area contributed by atoms with Crippen molar-refractivity contribution in [3.8, 4) is 28.7 Å². The summed E-state index contributed by atoms with van der Waals surface area (Å²) in [4.78, 5) is 8.50. The SMILES string of the molecule is CCOc1cccc(-c2noc(-c3ccc(N)cn3)n2)c1. The lowest BCUT2D eigenvalue weighted by Gasteiger charge is -2.02. The Labute approximate surface area is 121 Å².